The van der Waals surface area contributed by atoms with Gasteiger partial charge in [0, 0.05) is 35.7 Å². The molecule has 6 heteroatoms. The van der Waals surface area contributed by atoms with Crippen LogP contribution in [-0.2, 0) is 11.3 Å². The molecule has 158 valence electrons. The Bertz CT molecular complexity index is 946. The Morgan fingerprint density at radius 1 is 0.933 bits per heavy atom. The molecule has 1 atom stereocenters. The molecule has 0 spiro atoms. The first-order chi connectivity index (χ1) is 14.6. The van der Waals surface area contributed by atoms with Crippen molar-refractivity contribution in [3.63, 3.8) is 0 Å². The third-order valence-corrected chi connectivity index (χ3v) is 7.18. The summed E-state index contributed by atoms with van der Waals surface area (Å²) in [6, 6.07) is 14.5. The molecule has 0 N–H and O–H groups in total. The highest BCUT2D eigenvalue weighted by molar-refractivity contribution is 6.33. The van der Waals surface area contributed by atoms with Crippen LogP contribution >= 0.6 is 23.2 Å². The van der Waals surface area contributed by atoms with Crippen LogP contribution in [0, 0.1) is 0 Å². The molecule has 1 saturated heterocycles. The van der Waals surface area contributed by atoms with Crippen LogP contribution in [0.15, 0.2) is 42.5 Å². The van der Waals surface area contributed by atoms with Gasteiger partial charge in [0.05, 0.1) is 17.4 Å². The van der Waals surface area contributed by atoms with E-state index in [0.717, 1.165) is 50.1 Å². The average molecular weight is 444 g/mol. The van der Waals surface area contributed by atoms with Crippen LogP contribution < -0.4 is 9.80 Å². The van der Waals surface area contributed by atoms with Crippen LogP contribution in [-0.4, -0.2) is 42.5 Å². The zero-order valence-electron chi connectivity index (χ0n) is 17.1. The van der Waals surface area contributed by atoms with E-state index in [-0.39, 0.29) is 11.9 Å². The van der Waals surface area contributed by atoms with Gasteiger partial charge in [0.2, 0.25) is 5.91 Å². The minimum Gasteiger partial charge on any atom is -0.365 e. The SMILES string of the molecule is O=C([C@@H]1CCCCN1Cc1cc(Cl)ccc1Cl)N1CCN(C2CC2)c2ccccc21. The molecule has 2 aliphatic heterocycles. The summed E-state index contributed by atoms with van der Waals surface area (Å²) >= 11 is 12.6. The molecule has 4 nitrogen and oxygen atoms in total. The fourth-order valence-electron chi connectivity index (χ4n) is 4.90. The Hall–Kier alpha value is -1.75. The molecule has 2 heterocycles. The fraction of sp³-hybridized carbons (Fsp3) is 0.458. The summed E-state index contributed by atoms with van der Waals surface area (Å²) in [7, 11) is 0. The zero-order chi connectivity index (χ0) is 20.7. The Morgan fingerprint density at radius 3 is 2.53 bits per heavy atom. The number of para-hydroxylation sites is 2. The van der Waals surface area contributed by atoms with Gasteiger partial charge in [0.1, 0.15) is 0 Å². The summed E-state index contributed by atoms with van der Waals surface area (Å²) in [5.74, 6) is 0.218. The Morgan fingerprint density at radius 2 is 1.73 bits per heavy atom. The molecule has 5 rings (SSSR count). The van der Waals surface area contributed by atoms with Gasteiger partial charge < -0.3 is 9.80 Å². The molecule has 0 bridgehead atoms. The van der Waals surface area contributed by atoms with Crippen molar-refractivity contribution in [2.45, 2.75) is 50.7 Å². The number of carbonyl (C=O) groups is 1. The van der Waals surface area contributed by atoms with Gasteiger partial charge in [0.15, 0.2) is 0 Å². The van der Waals surface area contributed by atoms with E-state index in [1.54, 1.807) is 0 Å². The minimum absolute atomic E-state index is 0.116. The van der Waals surface area contributed by atoms with Crippen molar-refractivity contribution in [3.8, 4) is 0 Å². The number of anilines is 2. The number of carbonyl (C=O) groups excluding carboxylic acids is 1. The summed E-state index contributed by atoms with van der Waals surface area (Å²) in [5.41, 5.74) is 3.26. The molecule has 1 amide bonds. The zero-order valence-corrected chi connectivity index (χ0v) is 18.6. The Labute approximate surface area is 188 Å². The first kappa shape index (κ1) is 20.2. The molecule has 1 saturated carbocycles. The van der Waals surface area contributed by atoms with Gasteiger partial charge in [-0.15, -0.1) is 0 Å². The predicted octanol–water partition coefficient (Wildman–Crippen LogP) is 5.36. The fourth-order valence-corrected chi connectivity index (χ4v) is 5.27. The lowest BCUT2D eigenvalue weighted by molar-refractivity contribution is -0.125. The van der Waals surface area contributed by atoms with E-state index in [9.17, 15) is 4.79 Å². The lowest BCUT2D eigenvalue weighted by atomic mass is 9.99. The summed E-state index contributed by atoms with van der Waals surface area (Å²) in [4.78, 5) is 20.6. The van der Waals surface area contributed by atoms with E-state index in [1.165, 1.54) is 18.5 Å². The predicted molar refractivity (Wildman–Crippen MR) is 124 cm³/mol. The molecule has 0 unspecified atom stereocenters. The van der Waals surface area contributed by atoms with E-state index in [4.69, 9.17) is 23.2 Å². The molecular weight excluding hydrogens is 417 g/mol. The number of rotatable bonds is 4. The molecule has 30 heavy (non-hydrogen) atoms. The number of nitrogens with zero attached hydrogens (tertiary/aromatic N) is 3. The van der Waals surface area contributed by atoms with E-state index >= 15 is 0 Å². The van der Waals surface area contributed by atoms with Crippen LogP contribution in [0.1, 0.15) is 37.7 Å². The third kappa shape index (κ3) is 3.93. The van der Waals surface area contributed by atoms with E-state index in [1.807, 2.05) is 29.2 Å². The largest absolute Gasteiger partial charge is 0.365 e. The van der Waals surface area contributed by atoms with Crippen molar-refractivity contribution in [1.29, 1.82) is 0 Å². The van der Waals surface area contributed by atoms with Crippen LogP contribution in [0.25, 0.3) is 0 Å². The summed E-state index contributed by atoms with van der Waals surface area (Å²) in [6.07, 6.45) is 5.61. The molecule has 2 fully saturated rings. The number of amides is 1. The first-order valence-corrected chi connectivity index (χ1v) is 11.7. The first-order valence-electron chi connectivity index (χ1n) is 11.0. The maximum atomic E-state index is 13.8. The maximum Gasteiger partial charge on any atom is 0.244 e. The van der Waals surface area contributed by atoms with Crippen LogP contribution in [0.4, 0.5) is 11.4 Å². The second-order valence-corrected chi connectivity index (χ2v) is 9.46. The van der Waals surface area contributed by atoms with Crippen molar-refractivity contribution < 1.29 is 4.79 Å². The van der Waals surface area contributed by atoms with Gasteiger partial charge in [0.25, 0.3) is 0 Å². The number of likely N-dealkylation sites (tertiary alicyclic amines) is 1. The smallest absolute Gasteiger partial charge is 0.244 e. The topological polar surface area (TPSA) is 26.8 Å². The van der Waals surface area contributed by atoms with Crippen LogP contribution in [0.5, 0.6) is 0 Å². The number of piperidine rings is 1. The number of hydrogen-bond acceptors (Lipinski definition) is 3. The van der Waals surface area contributed by atoms with Crippen molar-refractivity contribution in [2.75, 3.05) is 29.4 Å². The van der Waals surface area contributed by atoms with Gasteiger partial charge in [-0.1, -0.05) is 41.8 Å². The highest BCUT2D eigenvalue weighted by Crippen LogP contribution is 2.40. The van der Waals surface area contributed by atoms with Crippen LogP contribution in [0.2, 0.25) is 10.0 Å². The van der Waals surface area contributed by atoms with E-state index in [0.29, 0.717) is 22.6 Å². The quantitative estimate of drug-likeness (QED) is 0.635. The van der Waals surface area contributed by atoms with Gasteiger partial charge in [-0.25, -0.2) is 0 Å². The summed E-state index contributed by atoms with van der Waals surface area (Å²) in [5, 5.41) is 1.39. The number of halogens is 2. The van der Waals surface area contributed by atoms with Crippen molar-refractivity contribution in [1.82, 2.24) is 4.90 Å². The highest BCUT2D eigenvalue weighted by atomic mass is 35.5. The summed E-state index contributed by atoms with van der Waals surface area (Å²) < 4.78 is 0. The van der Waals surface area contributed by atoms with Gasteiger partial charge in [-0.2, -0.15) is 0 Å². The summed E-state index contributed by atoms with van der Waals surface area (Å²) in [6.45, 7) is 3.23. The number of benzene rings is 2. The average Bonchev–Trinajstić information content (AvgIpc) is 3.61. The monoisotopic (exact) mass is 443 g/mol. The molecular formula is C24H27Cl2N3O. The molecule has 0 radical (unpaired) electrons. The Balaban J connectivity index is 1.40. The lowest BCUT2D eigenvalue weighted by Crippen LogP contribution is -2.54. The van der Waals surface area contributed by atoms with E-state index in [2.05, 4.69) is 28.0 Å². The van der Waals surface area contributed by atoms with Crippen molar-refractivity contribution in [2.24, 2.45) is 0 Å². The second kappa shape index (κ2) is 8.41. The minimum atomic E-state index is -0.116. The second-order valence-electron chi connectivity index (χ2n) is 8.62. The molecule has 2 aromatic carbocycles. The lowest BCUT2D eigenvalue weighted by Gasteiger charge is -2.42. The Kier molecular flexibility index (Phi) is 5.65. The molecule has 0 aromatic heterocycles. The van der Waals surface area contributed by atoms with Crippen LogP contribution in [0.3, 0.4) is 0 Å². The normalized spacial score (nSPS) is 22.1. The number of hydrogen-bond donors (Lipinski definition) is 0. The molecule has 3 aliphatic rings. The third-order valence-electron chi connectivity index (χ3n) is 6.58. The maximum absolute atomic E-state index is 13.8. The standard InChI is InChI=1S/C24H27Cl2N3O/c25-18-8-11-20(26)17(15-18)16-27-12-4-3-7-23(27)24(30)29-14-13-28(19-9-10-19)21-5-1-2-6-22(21)29/h1-2,5-6,8,11,15,19,23H,3-4,7,9-10,12-14,16H2/t23-/m0/s1. The van der Waals surface area contributed by atoms with E-state index < -0.39 is 0 Å². The van der Waals surface area contributed by atoms with Gasteiger partial charge in [-0.3, -0.25) is 9.69 Å². The molecule has 1 aliphatic carbocycles. The van der Waals surface area contributed by atoms with Gasteiger partial charge in [-0.05, 0) is 68.1 Å². The highest BCUT2D eigenvalue weighted by Gasteiger charge is 2.38. The number of fused-ring (bicyclic) bond motifs is 1. The van der Waals surface area contributed by atoms with Gasteiger partial charge >= 0.3 is 0 Å². The van der Waals surface area contributed by atoms with Crippen molar-refractivity contribution in [3.05, 3.63) is 58.1 Å². The molecule has 2 aromatic rings. The van der Waals surface area contributed by atoms with Crippen molar-refractivity contribution >= 4 is 40.5 Å².